The molecule has 0 aliphatic rings. The van der Waals surface area contributed by atoms with Crippen LogP contribution in [0.25, 0.3) is 11.0 Å². The van der Waals surface area contributed by atoms with Gasteiger partial charge in [-0.3, -0.25) is 4.79 Å². The van der Waals surface area contributed by atoms with Gasteiger partial charge in [0, 0.05) is 6.54 Å². The van der Waals surface area contributed by atoms with Gasteiger partial charge in [0.1, 0.15) is 11.9 Å². The van der Waals surface area contributed by atoms with Crippen LogP contribution in [-0.4, -0.2) is 37.1 Å². The Morgan fingerprint density at radius 3 is 2.41 bits per heavy atom. The van der Waals surface area contributed by atoms with E-state index in [1.807, 2.05) is 31.2 Å². The summed E-state index contributed by atoms with van der Waals surface area (Å²) in [5, 5.41) is 0. The number of methoxy groups -OCH3 is 1. The number of esters is 1. The maximum absolute atomic E-state index is 12.7. The lowest BCUT2D eigenvalue weighted by atomic mass is 10.1. The quantitative estimate of drug-likeness (QED) is 0.599. The molecule has 29 heavy (non-hydrogen) atoms. The number of imidazole rings is 1. The Bertz CT molecular complexity index is 1120. The SMILES string of the molecule is COC(=O)[C@@H](NS(=O)(=O)c1ccc(Cn2c(C)nc3ccccc32)cc1)C(C)C. The molecular weight excluding hydrogens is 390 g/mol. The normalized spacial score (nSPS) is 13.0. The van der Waals surface area contributed by atoms with Crippen molar-refractivity contribution in [1.29, 1.82) is 0 Å². The standard InChI is InChI=1S/C21H25N3O4S/c1-14(2)20(21(25)28-4)23-29(26,27)17-11-9-16(10-12-17)13-24-15(3)22-18-7-5-6-8-19(18)24/h5-12,14,20,23H,13H2,1-4H3/t20-/m0/s1. The van der Waals surface area contributed by atoms with Crippen LogP contribution in [0, 0.1) is 12.8 Å². The number of hydrogen-bond donors (Lipinski definition) is 1. The molecule has 1 aromatic heterocycles. The molecule has 0 spiro atoms. The van der Waals surface area contributed by atoms with E-state index in [1.165, 1.54) is 7.11 Å². The van der Waals surface area contributed by atoms with Crippen molar-refractivity contribution in [2.45, 2.75) is 38.3 Å². The molecule has 0 aliphatic carbocycles. The number of hydrogen-bond acceptors (Lipinski definition) is 5. The Labute approximate surface area is 170 Å². The van der Waals surface area contributed by atoms with Gasteiger partial charge in [0.25, 0.3) is 0 Å². The van der Waals surface area contributed by atoms with Gasteiger partial charge < -0.3 is 9.30 Å². The number of benzene rings is 2. The summed E-state index contributed by atoms with van der Waals surface area (Å²) in [5.74, 6) is 0.0408. The minimum atomic E-state index is -3.85. The van der Waals surface area contributed by atoms with Gasteiger partial charge in [-0.25, -0.2) is 13.4 Å². The summed E-state index contributed by atoms with van der Waals surface area (Å²) in [7, 11) is -2.61. The first-order chi connectivity index (χ1) is 13.7. The van der Waals surface area contributed by atoms with E-state index in [9.17, 15) is 13.2 Å². The van der Waals surface area contributed by atoms with Crippen molar-refractivity contribution in [3.05, 3.63) is 59.9 Å². The number of sulfonamides is 1. The third kappa shape index (κ3) is 4.49. The number of aryl methyl sites for hydroxylation is 1. The highest BCUT2D eigenvalue weighted by molar-refractivity contribution is 7.89. The number of carbonyl (C=O) groups excluding carboxylic acids is 1. The van der Waals surface area contributed by atoms with Crippen molar-refractivity contribution in [2.75, 3.05) is 7.11 Å². The maximum Gasteiger partial charge on any atom is 0.324 e. The number of fused-ring (bicyclic) bond motifs is 1. The fourth-order valence-corrected chi connectivity index (χ4v) is 4.50. The number of para-hydroxylation sites is 2. The predicted molar refractivity (Wildman–Crippen MR) is 111 cm³/mol. The molecule has 0 bridgehead atoms. The monoisotopic (exact) mass is 415 g/mol. The zero-order chi connectivity index (χ0) is 21.2. The first-order valence-corrected chi connectivity index (χ1v) is 10.8. The number of carbonyl (C=O) groups is 1. The second kappa shape index (κ2) is 8.34. The molecule has 1 atom stereocenters. The van der Waals surface area contributed by atoms with Crippen LogP contribution in [0.5, 0.6) is 0 Å². The first kappa shape index (κ1) is 21.0. The van der Waals surface area contributed by atoms with Gasteiger partial charge >= 0.3 is 5.97 Å². The second-order valence-electron chi connectivity index (χ2n) is 7.24. The molecule has 0 radical (unpaired) electrons. The lowest BCUT2D eigenvalue weighted by molar-refractivity contribution is -0.143. The molecule has 0 saturated carbocycles. The Kier molecular flexibility index (Phi) is 6.04. The summed E-state index contributed by atoms with van der Waals surface area (Å²) >= 11 is 0. The Morgan fingerprint density at radius 2 is 1.79 bits per heavy atom. The Morgan fingerprint density at radius 1 is 1.14 bits per heavy atom. The molecule has 154 valence electrons. The number of nitrogens with zero attached hydrogens (tertiary/aromatic N) is 2. The molecule has 2 aromatic carbocycles. The van der Waals surface area contributed by atoms with Crippen molar-refractivity contribution in [2.24, 2.45) is 5.92 Å². The molecule has 3 rings (SSSR count). The molecule has 0 fully saturated rings. The van der Waals surface area contributed by atoms with E-state index in [0.717, 1.165) is 22.4 Å². The summed E-state index contributed by atoms with van der Waals surface area (Å²) in [6.07, 6.45) is 0. The topological polar surface area (TPSA) is 90.3 Å². The molecule has 7 nitrogen and oxygen atoms in total. The van der Waals surface area contributed by atoms with E-state index in [2.05, 4.69) is 14.3 Å². The Hall–Kier alpha value is -2.71. The molecular formula is C21H25N3O4S. The van der Waals surface area contributed by atoms with Crippen LogP contribution in [0.15, 0.2) is 53.4 Å². The van der Waals surface area contributed by atoms with Gasteiger partial charge in [0.15, 0.2) is 0 Å². The van der Waals surface area contributed by atoms with Crippen LogP contribution in [0.1, 0.15) is 25.2 Å². The Balaban J connectivity index is 1.82. The summed E-state index contributed by atoms with van der Waals surface area (Å²) in [6.45, 7) is 6.04. The minimum absolute atomic E-state index is 0.100. The number of aromatic nitrogens is 2. The molecule has 1 N–H and O–H groups in total. The molecule has 8 heteroatoms. The van der Waals surface area contributed by atoms with E-state index in [1.54, 1.807) is 38.1 Å². The van der Waals surface area contributed by atoms with Crippen LogP contribution in [-0.2, 0) is 26.1 Å². The van der Waals surface area contributed by atoms with E-state index in [0.29, 0.717) is 6.54 Å². The first-order valence-electron chi connectivity index (χ1n) is 9.34. The van der Waals surface area contributed by atoms with Crippen LogP contribution in [0.2, 0.25) is 0 Å². The second-order valence-corrected chi connectivity index (χ2v) is 8.96. The van der Waals surface area contributed by atoms with Gasteiger partial charge in [-0.05, 0) is 42.7 Å². The minimum Gasteiger partial charge on any atom is -0.468 e. The largest absolute Gasteiger partial charge is 0.468 e. The van der Waals surface area contributed by atoms with Crippen molar-refractivity contribution in [1.82, 2.24) is 14.3 Å². The summed E-state index contributed by atoms with van der Waals surface area (Å²) in [6, 6.07) is 13.6. The van der Waals surface area contributed by atoms with Crippen LogP contribution in [0.3, 0.4) is 0 Å². The molecule has 3 aromatic rings. The summed E-state index contributed by atoms with van der Waals surface area (Å²) < 4.78 is 34.6. The molecule has 1 heterocycles. The highest BCUT2D eigenvalue weighted by atomic mass is 32.2. The van der Waals surface area contributed by atoms with Gasteiger partial charge in [-0.2, -0.15) is 4.72 Å². The maximum atomic E-state index is 12.7. The van der Waals surface area contributed by atoms with Crippen molar-refractivity contribution in [3.8, 4) is 0 Å². The van der Waals surface area contributed by atoms with Gasteiger partial charge in [-0.15, -0.1) is 0 Å². The third-order valence-electron chi connectivity index (χ3n) is 4.82. The highest BCUT2D eigenvalue weighted by Crippen LogP contribution is 2.19. The third-order valence-corrected chi connectivity index (χ3v) is 6.28. The van der Waals surface area contributed by atoms with E-state index in [4.69, 9.17) is 4.74 Å². The van der Waals surface area contributed by atoms with Crippen LogP contribution >= 0.6 is 0 Å². The molecule has 0 amide bonds. The molecule has 0 unspecified atom stereocenters. The van der Waals surface area contributed by atoms with Gasteiger partial charge in [0.05, 0.1) is 23.0 Å². The van der Waals surface area contributed by atoms with Crippen LogP contribution in [0.4, 0.5) is 0 Å². The summed E-state index contributed by atoms with van der Waals surface area (Å²) in [5.41, 5.74) is 2.90. The predicted octanol–water partition coefficient (Wildman–Crippen LogP) is 2.87. The highest BCUT2D eigenvalue weighted by Gasteiger charge is 2.29. The molecule has 0 aliphatic heterocycles. The van der Waals surface area contributed by atoms with Gasteiger partial charge in [0.2, 0.25) is 10.0 Å². The van der Waals surface area contributed by atoms with Crippen molar-refractivity contribution < 1.29 is 17.9 Å². The summed E-state index contributed by atoms with van der Waals surface area (Å²) in [4.78, 5) is 16.5. The fraction of sp³-hybridized carbons (Fsp3) is 0.333. The lowest BCUT2D eigenvalue weighted by Gasteiger charge is -2.19. The average molecular weight is 416 g/mol. The van der Waals surface area contributed by atoms with E-state index >= 15 is 0 Å². The number of nitrogens with one attached hydrogen (secondary N) is 1. The zero-order valence-corrected chi connectivity index (χ0v) is 17.7. The van der Waals surface area contributed by atoms with E-state index in [-0.39, 0.29) is 10.8 Å². The lowest BCUT2D eigenvalue weighted by Crippen LogP contribution is -2.44. The zero-order valence-electron chi connectivity index (χ0n) is 16.9. The van der Waals surface area contributed by atoms with E-state index < -0.39 is 22.0 Å². The smallest absolute Gasteiger partial charge is 0.324 e. The van der Waals surface area contributed by atoms with Crippen LogP contribution < -0.4 is 4.72 Å². The van der Waals surface area contributed by atoms with Gasteiger partial charge in [-0.1, -0.05) is 38.1 Å². The van der Waals surface area contributed by atoms with Crippen molar-refractivity contribution in [3.63, 3.8) is 0 Å². The molecule has 0 saturated heterocycles. The number of rotatable bonds is 7. The number of ether oxygens (including phenoxy) is 1. The fourth-order valence-electron chi connectivity index (χ4n) is 3.17. The average Bonchev–Trinajstić information content (AvgIpc) is 3.01. The van der Waals surface area contributed by atoms with Crippen molar-refractivity contribution >= 4 is 27.0 Å².